The molecule has 0 radical (unpaired) electrons. The van der Waals surface area contributed by atoms with E-state index in [2.05, 4.69) is 41.3 Å². The van der Waals surface area contributed by atoms with Crippen molar-refractivity contribution in [2.45, 2.75) is 70.8 Å². The van der Waals surface area contributed by atoms with Gasteiger partial charge in [-0.2, -0.15) is 0 Å². The first kappa shape index (κ1) is 17.2. The van der Waals surface area contributed by atoms with Crippen LogP contribution in [-0.4, -0.2) is 21.2 Å². The van der Waals surface area contributed by atoms with Crippen molar-refractivity contribution in [2.24, 2.45) is 5.41 Å². The van der Waals surface area contributed by atoms with Crippen molar-refractivity contribution in [1.29, 1.82) is 0 Å². The fourth-order valence-electron chi connectivity index (χ4n) is 4.27. The van der Waals surface area contributed by atoms with Gasteiger partial charge in [0, 0.05) is 23.3 Å². The molecule has 5 rings (SSSR count). The van der Waals surface area contributed by atoms with E-state index < -0.39 is 0 Å². The van der Waals surface area contributed by atoms with Crippen LogP contribution in [0.15, 0.2) is 12.3 Å². The second kappa shape index (κ2) is 6.20. The van der Waals surface area contributed by atoms with Gasteiger partial charge in [0.15, 0.2) is 5.01 Å². The summed E-state index contributed by atoms with van der Waals surface area (Å²) in [5.41, 5.74) is 2.81. The summed E-state index contributed by atoms with van der Waals surface area (Å²) in [5.74, 6) is 0. The third-order valence-electron chi connectivity index (χ3n) is 6.05. The van der Waals surface area contributed by atoms with E-state index in [1.807, 2.05) is 12.3 Å². The molecule has 6 heteroatoms. The van der Waals surface area contributed by atoms with Crippen LogP contribution < -0.4 is 5.32 Å². The number of nitrogens with zero attached hydrogens (tertiary/aromatic N) is 3. The van der Waals surface area contributed by atoms with Gasteiger partial charge in [0.1, 0.15) is 10.2 Å². The lowest BCUT2D eigenvalue weighted by Crippen LogP contribution is -2.42. The summed E-state index contributed by atoms with van der Waals surface area (Å²) in [5, 5.41) is 15.3. The van der Waals surface area contributed by atoms with Crippen LogP contribution in [0.5, 0.6) is 0 Å². The average molecular weight is 377 g/mol. The van der Waals surface area contributed by atoms with Crippen LogP contribution in [0.4, 0.5) is 5.69 Å². The molecule has 0 atom stereocenters. The van der Waals surface area contributed by atoms with Crippen molar-refractivity contribution >= 4 is 28.6 Å². The van der Waals surface area contributed by atoms with E-state index >= 15 is 0 Å². The monoisotopic (exact) mass is 376 g/mol. The molecule has 3 fully saturated rings. The van der Waals surface area contributed by atoms with Crippen molar-refractivity contribution in [3.63, 3.8) is 0 Å². The van der Waals surface area contributed by atoms with Crippen LogP contribution >= 0.6 is 22.9 Å². The SMILES string of the molecule is CC(C)Nc1cc(Cl)ncc1-c1nnc(C23CCC(C)(CC2)CC3)s1. The van der Waals surface area contributed by atoms with Gasteiger partial charge >= 0.3 is 0 Å². The fraction of sp³-hybridized carbons (Fsp3) is 0.632. The highest BCUT2D eigenvalue weighted by atomic mass is 35.5. The molecule has 3 aliphatic carbocycles. The highest BCUT2D eigenvalue weighted by molar-refractivity contribution is 7.14. The molecule has 2 bridgehead atoms. The quantitative estimate of drug-likeness (QED) is 0.697. The van der Waals surface area contributed by atoms with Crippen molar-refractivity contribution in [3.05, 3.63) is 22.4 Å². The molecule has 2 heterocycles. The summed E-state index contributed by atoms with van der Waals surface area (Å²) in [4.78, 5) is 4.26. The third kappa shape index (κ3) is 3.17. The fourth-order valence-corrected chi connectivity index (χ4v) is 5.57. The maximum Gasteiger partial charge on any atom is 0.151 e. The Hall–Kier alpha value is -1.20. The summed E-state index contributed by atoms with van der Waals surface area (Å²) < 4.78 is 0. The van der Waals surface area contributed by atoms with Crippen LogP contribution in [0.3, 0.4) is 0 Å². The van der Waals surface area contributed by atoms with Crippen LogP contribution in [0, 0.1) is 5.41 Å². The Morgan fingerprint density at radius 2 is 1.80 bits per heavy atom. The number of anilines is 1. The average Bonchev–Trinajstić information content (AvgIpc) is 3.06. The normalized spacial score (nSPS) is 28.5. The summed E-state index contributed by atoms with van der Waals surface area (Å²) in [6, 6.07) is 2.20. The maximum absolute atomic E-state index is 6.09. The van der Waals surface area contributed by atoms with Crippen LogP contribution in [0.1, 0.15) is 64.3 Å². The molecule has 134 valence electrons. The molecule has 4 nitrogen and oxygen atoms in total. The topological polar surface area (TPSA) is 50.7 Å². The zero-order valence-corrected chi connectivity index (χ0v) is 16.7. The Morgan fingerprint density at radius 3 is 2.44 bits per heavy atom. The number of aromatic nitrogens is 3. The van der Waals surface area contributed by atoms with Crippen molar-refractivity contribution in [3.8, 4) is 10.6 Å². The van der Waals surface area contributed by atoms with Crippen LogP contribution in [-0.2, 0) is 5.41 Å². The van der Waals surface area contributed by atoms with E-state index in [1.54, 1.807) is 11.3 Å². The van der Waals surface area contributed by atoms with E-state index in [4.69, 9.17) is 11.6 Å². The van der Waals surface area contributed by atoms with Gasteiger partial charge in [-0.1, -0.05) is 29.9 Å². The highest BCUT2D eigenvalue weighted by Gasteiger charge is 2.48. The van der Waals surface area contributed by atoms with E-state index in [9.17, 15) is 0 Å². The van der Waals surface area contributed by atoms with Crippen molar-refractivity contribution in [1.82, 2.24) is 15.2 Å². The smallest absolute Gasteiger partial charge is 0.151 e. The number of pyridine rings is 1. The summed E-state index contributed by atoms with van der Waals surface area (Å²) >= 11 is 7.84. The van der Waals surface area contributed by atoms with E-state index in [0.29, 0.717) is 16.6 Å². The van der Waals surface area contributed by atoms with Gasteiger partial charge in [-0.05, 0) is 63.9 Å². The Balaban J connectivity index is 1.66. The standard InChI is InChI=1S/C19H25ClN4S/c1-12(2)22-14-10-15(20)21-11-13(14)16-23-24-17(25-16)19-7-4-18(3,5-8-19)6-9-19/h10-12H,4-9H2,1-3H3,(H,21,22). The lowest BCUT2D eigenvalue weighted by molar-refractivity contribution is 0.0551. The number of fused-ring (bicyclic) bond motifs is 3. The third-order valence-corrected chi connectivity index (χ3v) is 7.45. The van der Waals surface area contributed by atoms with Crippen molar-refractivity contribution < 1.29 is 0 Å². The number of halogens is 1. The van der Waals surface area contributed by atoms with Gasteiger partial charge in [-0.15, -0.1) is 10.2 Å². The predicted molar refractivity (Wildman–Crippen MR) is 104 cm³/mol. The molecule has 3 aliphatic rings. The first-order chi connectivity index (χ1) is 11.9. The van der Waals surface area contributed by atoms with E-state index in [1.165, 1.54) is 43.5 Å². The van der Waals surface area contributed by atoms with E-state index in [-0.39, 0.29) is 5.41 Å². The minimum absolute atomic E-state index is 0.263. The predicted octanol–water partition coefficient (Wildman–Crippen LogP) is 5.69. The lowest BCUT2D eigenvalue weighted by atomic mass is 9.55. The number of rotatable bonds is 4. The molecule has 0 aliphatic heterocycles. The zero-order valence-electron chi connectivity index (χ0n) is 15.1. The van der Waals surface area contributed by atoms with Gasteiger partial charge in [-0.3, -0.25) is 0 Å². The molecule has 25 heavy (non-hydrogen) atoms. The Kier molecular flexibility index (Phi) is 4.27. The molecule has 0 unspecified atom stereocenters. The zero-order chi connectivity index (χ0) is 17.7. The minimum Gasteiger partial charge on any atom is -0.382 e. The molecule has 0 spiro atoms. The Labute approximate surface area is 158 Å². The first-order valence-corrected chi connectivity index (χ1v) is 10.4. The van der Waals surface area contributed by atoms with E-state index in [0.717, 1.165) is 16.3 Å². The molecule has 2 aromatic heterocycles. The molecule has 0 amide bonds. The minimum atomic E-state index is 0.263. The second-order valence-corrected chi connectivity index (χ2v) is 9.72. The molecular weight excluding hydrogens is 352 g/mol. The molecule has 0 aromatic carbocycles. The first-order valence-electron chi connectivity index (χ1n) is 9.16. The second-order valence-electron chi connectivity index (χ2n) is 8.36. The molecule has 1 N–H and O–H groups in total. The molecular formula is C19H25ClN4S. The summed E-state index contributed by atoms with van der Waals surface area (Å²) in [6.45, 7) is 6.68. The van der Waals surface area contributed by atoms with Gasteiger partial charge < -0.3 is 5.32 Å². The van der Waals surface area contributed by atoms with Crippen LogP contribution in [0.2, 0.25) is 5.15 Å². The summed E-state index contributed by atoms with van der Waals surface area (Å²) in [6.07, 6.45) is 9.56. The largest absolute Gasteiger partial charge is 0.382 e. The molecule has 0 saturated heterocycles. The van der Waals surface area contributed by atoms with Crippen molar-refractivity contribution in [2.75, 3.05) is 5.32 Å². The maximum atomic E-state index is 6.09. The highest BCUT2D eigenvalue weighted by Crippen LogP contribution is 2.58. The number of hydrogen-bond donors (Lipinski definition) is 1. The Morgan fingerprint density at radius 1 is 1.12 bits per heavy atom. The van der Waals surface area contributed by atoms with Gasteiger partial charge in [0.25, 0.3) is 0 Å². The molecule has 3 saturated carbocycles. The lowest BCUT2D eigenvalue weighted by Gasteiger charge is -2.51. The Bertz CT molecular complexity index is 761. The van der Waals surface area contributed by atoms with Gasteiger partial charge in [0.2, 0.25) is 0 Å². The van der Waals surface area contributed by atoms with Gasteiger partial charge in [0.05, 0.1) is 5.56 Å². The van der Waals surface area contributed by atoms with Gasteiger partial charge in [-0.25, -0.2) is 4.98 Å². The number of hydrogen-bond acceptors (Lipinski definition) is 5. The van der Waals surface area contributed by atoms with Crippen LogP contribution in [0.25, 0.3) is 10.6 Å². The molecule has 2 aromatic rings. The summed E-state index contributed by atoms with van der Waals surface area (Å²) in [7, 11) is 0. The number of nitrogens with one attached hydrogen (secondary N) is 1.